The van der Waals surface area contributed by atoms with Crippen molar-refractivity contribution in [2.24, 2.45) is 0 Å². The van der Waals surface area contributed by atoms with E-state index in [1.165, 1.54) is 20.8 Å². The molecule has 3 heterocycles. The summed E-state index contributed by atoms with van der Waals surface area (Å²) in [6, 6.07) is 24.5. The molecule has 1 saturated heterocycles. The lowest BCUT2D eigenvalue weighted by Crippen LogP contribution is -2.44. The van der Waals surface area contributed by atoms with Crippen LogP contribution in [0.3, 0.4) is 0 Å². The Bertz CT molecular complexity index is 2030. The van der Waals surface area contributed by atoms with Gasteiger partial charge in [-0.3, -0.25) is 14.3 Å². The minimum Gasteiger partial charge on any atom is -0.508 e. The Morgan fingerprint density at radius 1 is 0.918 bits per heavy atom. The van der Waals surface area contributed by atoms with Gasteiger partial charge >= 0.3 is 5.69 Å². The van der Waals surface area contributed by atoms with Crippen molar-refractivity contribution in [3.05, 3.63) is 123 Å². The maximum absolute atomic E-state index is 14.5. The molecule has 2 N–H and O–H groups in total. The van der Waals surface area contributed by atoms with Crippen LogP contribution >= 0.6 is 0 Å². The van der Waals surface area contributed by atoms with Crippen molar-refractivity contribution in [3.63, 3.8) is 0 Å². The second kappa shape index (κ2) is 14.9. The number of nitrogens with one attached hydrogen (secondary N) is 1. The summed E-state index contributed by atoms with van der Waals surface area (Å²) in [7, 11) is 0. The first-order valence-electron chi connectivity index (χ1n) is 17.3. The molecule has 1 aliphatic heterocycles. The van der Waals surface area contributed by atoms with Gasteiger partial charge in [0.15, 0.2) is 5.65 Å². The van der Waals surface area contributed by atoms with Gasteiger partial charge in [0.2, 0.25) is 0 Å². The zero-order valence-corrected chi connectivity index (χ0v) is 27.6. The molecule has 0 atom stereocenters. The Morgan fingerprint density at radius 2 is 1.71 bits per heavy atom. The number of morpholine rings is 1. The van der Waals surface area contributed by atoms with Gasteiger partial charge in [0, 0.05) is 31.7 Å². The minimum atomic E-state index is -0.629. The lowest BCUT2D eigenvalue weighted by molar-refractivity contribution is 0.0342. The number of phenols is 1. The van der Waals surface area contributed by atoms with Crippen molar-refractivity contribution in [3.8, 4) is 22.6 Å². The van der Waals surface area contributed by atoms with Gasteiger partial charge in [-0.15, -0.1) is 0 Å². The number of nitrogens with zero attached hydrogens (tertiary/aromatic N) is 4. The first-order valence-corrected chi connectivity index (χ1v) is 17.3. The minimum absolute atomic E-state index is 0.0730. The Balaban J connectivity index is 1.17. The molecule has 9 nitrogen and oxygen atoms in total. The molecule has 49 heavy (non-hydrogen) atoms. The summed E-state index contributed by atoms with van der Waals surface area (Å²) in [6.07, 6.45) is 6.10. The number of hydrogen-bond donors (Lipinski definition) is 2. The fourth-order valence-electron chi connectivity index (χ4n) is 7.32. The number of halogens is 1. The van der Waals surface area contributed by atoms with E-state index in [0.717, 1.165) is 68.2 Å². The number of fused-ring (bicyclic) bond motifs is 1. The lowest BCUT2D eigenvalue weighted by Gasteiger charge is -2.30. The third kappa shape index (κ3) is 7.36. The van der Waals surface area contributed by atoms with E-state index in [2.05, 4.69) is 39.5 Å². The number of aromatic nitrogens is 3. The standard InChI is InChI=1S/C39H42FN5O4/c40-30-24-36-37(42-25-30)44(33-10-4-9-28(22-33)35-16-15-34(46)23-29(35)26-43-18-20-49-21-19-43)39(48)45(38(36)47)32-13-11-31(12-14-32)41-17-5-8-27-6-2-1-3-7-27/h1-4,6-7,9-10,15-16,22-25,31-32,41,46H,5,8,11-14,17-21,26H2. The van der Waals surface area contributed by atoms with Crippen LogP contribution in [-0.2, 0) is 17.7 Å². The molecule has 0 bridgehead atoms. The van der Waals surface area contributed by atoms with Crippen LogP contribution in [0.15, 0.2) is 94.6 Å². The molecule has 0 unspecified atom stereocenters. The zero-order valence-electron chi connectivity index (χ0n) is 27.6. The van der Waals surface area contributed by atoms with E-state index >= 15 is 0 Å². The number of phenolic OH excluding ortho intramolecular Hbond substituents is 1. The molecule has 1 saturated carbocycles. The van der Waals surface area contributed by atoms with Gasteiger partial charge in [0.05, 0.1) is 30.5 Å². The summed E-state index contributed by atoms with van der Waals surface area (Å²) in [5.74, 6) is -0.448. The van der Waals surface area contributed by atoms with E-state index in [1.54, 1.807) is 12.1 Å². The number of pyridine rings is 1. The zero-order chi connectivity index (χ0) is 33.7. The Morgan fingerprint density at radius 3 is 2.51 bits per heavy atom. The van der Waals surface area contributed by atoms with Crippen molar-refractivity contribution in [1.29, 1.82) is 0 Å². The van der Waals surface area contributed by atoms with E-state index in [0.29, 0.717) is 44.3 Å². The largest absolute Gasteiger partial charge is 0.508 e. The summed E-state index contributed by atoms with van der Waals surface area (Å²) < 4.78 is 22.8. The Hall–Kier alpha value is -4.64. The molecule has 2 aromatic heterocycles. The van der Waals surface area contributed by atoms with Gasteiger partial charge < -0.3 is 15.2 Å². The van der Waals surface area contributed by atoms with E-state index < -0.39 is 17.1 Å². The average Bonchev–Trinajstić information content (AvgIpc) is 3.12. The summed E-state index contributed by atoms with van der Waals surface area (Å²) >= 11 is 0. The first kappa shape index (κ1) is 32.9. The predicted octanol–water partition coefficient (Wildman–Crippen LogP) is 5.60. The van der Waals surface area contributed by atoms with Crippen LogP contribution in [-0.4, -0.2) is 63.0 Å². The van der Waals surface area contributed by atoms with Gasteiger partial charge in [-0.25, -0.2) is 18.7 Å². The van der Waals surface area contributed by atoms with Crippen LogP contribution in [0.25, 0.3) is 27.8 Å². The molecule has 2 aliphatic rings. The molecule has 10 heteroatoms. The highest BCUT2D eigenvalue weighted by Crippen LogP contribution is 2.31. The first-order chi connectivity index (χ1) is 23.9. The summed E-state index contributed by atoms with van der Waals surface area (Å²) in [5, 5.41) is 14.1. The van der Waals surface area contributed by atoms with Crippen molar-refractivity contribution in [2.75, 3.05) is 32.8 Å². The molecular formula is C39H42FN5O4. The number of aryl methyl sites for hydroxylation is 1. The highest BCUT2D eigenvalue weighted by Gasteiger charge is 2.27. The molecular weight excluding hydrogens is 621 g/mol. The Labute approximate surface area is 284 Å². The van der Waals surface area contributed by atoms with E-state index in [-0.39, 0.29) is 22.8 Å². The molecule has 3 aromatic carbocycles. The highest BCUT2D eigenvalue weighted by molar-refractivity contribution is 5.77. The smallest absolute Gasteiger partial charge is 0.337 e. The van der Waals surface area contributed by atoms with Crippen LogP contribution in [0.4, 0.5) is 4.39 Å². The van der Waals surface area contributed by atoms with Crippen LogP contribution in [0.2, 0.25) is 0 Å². The topological polar surface area (TPSA) is 102 Å². The number of aromatic hydroxyl groups is 1. The Kier molecular flexibility index (Phi) is 9.97. The van der Waals surface area contributed by atoms with Crippen molar-refractivity contribution < 1.29 is 14.2 Å². The summed E-state index contributed by atoms with van der Waals surface area (Å²) in [6.45, 7) is 4.46. The second-order valence-electron chi connectivity index (χ2n) is 13.1. The van der Waals surface area contributed by atoms with Crippen LogP contribution < -0.4 is 16.6 Å². The maximum Gasteiger partial charge on any atom is 0.337 e. The summed E-state index contributed by atoms with van der Waals surface area (Å²) in [5.41, 5.74) is 3.71. The highest BCUT2D eigenvalue weighted by atomic mass is 19.1. The number of rotatable bonds is 10. The second-order valence-corrected chi connectivity index (χ2v) is 13.1. The van der Waals surface area contributed by atoms with E-state index in [9.17, 15) is 19.1 Å². The molecule has 0 amide bonds. The molecule has 0 radical (unpaired) electrons. The SMILES string of the molecule is O=c1c2cc(F)cnc2n(-c2cccc(-c3ccc(O)cc3CN3CCOCC3)c2)c(=O)n1C1CCC(NCCCc2ccccc2)CC1. The fourth-order valence-corrected chi connectivity index (χ4v) is 7.32. The van der Waals surface area contributed by atoms with Gasteiger partial charge in [0.25, 0.3) is 5.56 Å². The van der Waals surface area contributed by atoms with Gasteiger partial charge in [-0.05, 0) is 97.7 Å². The molecule has 0 spiro atoms. The lowest BCUT2D eigenvalue weighted by atomic mass is 9.90. The molecule has 5 aromatic rings. The van der Waals surface area contributed by atoms with Gasteiger partial charge in [0.1, 0.15) is 11.6 Å². The monoisotopic (exact) mass is 663 g/mol. The molecule has 254 valence electrons. The third-order valence-corrected chi connectivity index (χ3v) is 9.87. The number of benzene rings is 3. The van der Waals surface area contributed by atoms with E-state index in [4.69, 9.17) is 4.74 Å². The molecule has 1 aliphatic carbocycles. The average molecular weight is 664 g/mol. The normalized spacial score (nSPS) is 18.6. The fraction of sp³-hybridized carbons (Fsp3) is 0.359. The predicted molar refractivity (Wildman–Crippen MR) is 189 cm³/mol. The van der Waals surface area contributed by atoms with Crippen molar-refractivity contribution in [1.82, 2.24) is 24.3 Å². The quantitative estimate of drug-likeness (QED) is 0.188. The molecule has 7 rings (SSSR count). The van der Waals surface area contributed by atoms with Gasteiger partial charge in [-0.2, -0.15) is 0 Å². The molecule has 2 fully saturated rings. The maximum atomic E-state index is 14.5. The summed E-state index contributed by atoms with van der Waals surface area (Å²) in [4.78, 5) is 34.8. The van der Waals surface area contributed by atoms with Gasteiger partial charge in [-0.1, -0.05) is 48.5 Å². The van der Waals surface area contributed by atoms with Crippen molar-refractivity contribution in [2.45, 2.75) is 57.2 Å². The number of hydrogen-bond acceptors (Lipinski definition) is 7. The van der Waals surface area contributed by atoms with Crippen molar-refractivity contribution >= 4 is 11.0 Å². The van der Waals surface area contributed by atoms with Crippen LogP contribution in [0, 0.1) is 5.82 Å². The van der Waals surface area contributed by atoms with Crippen LogP contribution in [0.1, 0.15) is 49.3 Å². The van der Waals surface area contributed by atoms with E-state index in [1.807, 2.05) is 36.4 Å². The van der Waals surface area contributed by atoms with Crippen LogP contribution in [0.5, 0.6) is 5.75 Å². The number of ether oxygens (including phenoxy) is 1. The third-order valence-electron chi connectivity index (χ3n) is 9.87.